The van der Waals surface area contributed by atoms with Gasteiger partial charge in [0.1, 0.15) is 12.4 Å². The highest BCUT2D eigenvalue weighted by Crippen LogP contribution is 2.17. The van der Waals surface area contributed by atoms with Crippen LogP contribution >= 0.6 is 0 Å². The molecule has 7 heteroatoms. The summed E-state index contributed by atoms with van der Waals surface area (Å²) in [7, 11) is 0. The highest BCUT2D eigenvalue weighted by molar-refractivity contribution is 6.04. The Hall–Kier alpha value is -3.22. The minimum absolute atomic E-state index is 0.156. The summed E-state index contributed by atoms with van der Waals surface area (Å²) in [6, 6.07) is 12.9. The molecule has 3 aromatic rings. The zero-order valence-corrected chi connectivity index (χ0v) is 15.1. The molecule has 0 bridgehead atoms. The standard InChI is InChI=1S/C19H21N5O2/c1-4-24-18(21-22-23-24)12-26-17-7-5-15(6-8-17)19(25)20-16-10-13(2)9-14(3)11-16/h5-11H,4,12H2,1-3H3,(H,20,25). The fraction of sp³-hybridized carbons (Fsp3) is 0.263. The molecule has 0 aliphatic rings. The summed E-state index contributed by atoms with van der Waals surface area (Å²) in [6.45, 7) is 6.93. The van der Waals surface area contributed by atoms with Crippen molar-refractivity contribution in [2.45, 2.75) is 33.9 Å². The third-order valence-corrected chi connectivity index (χ3v) is 3.87. The lowest BCUT2D eigenvalue weighted by atomic mass is 10.1. The fourth-order valence-corrected chi connectivity index (χ4v) is 2.67. The largest absolute Gasteiger partial charge is 0.486 e. The Morgan fingerprint density at radius 2 is 1.81 bits per heavy atom. The van der Waals surface area contributed by atoms with E-state index in [-0.39, 0.29) is 12.5 Å². The van der Waals surface area contributed by atoms with Crippen LogP contribution in [0.4, 0.5) is 5.69 Å². The number of nitrogens with one attached hydrogen (secondary N) is 1. The number of anilines is 1. The van der Waals surface area contributed by atoms with Crippen LogP contribution in [0, 0.1) is 13.8 Å². The second kappa shape index (κ2) is 7.77. The smallest absolute Gasteiger partial charge is 0.255 e. The number of aromatic nitrogens is 4. The number of hydrogen-bond acceptors (Lipinski definition) is 5. The van der Waals surface area contributed by atoms with Gasteiger partial charge in [-0.15, -0.1) is 5.10 Å². The van der Waals surface area contributed by atoms with E-state index in [1.807, 2.05) is 32.9 Å². The summed E-state index contributed by atoms with van der Waals surface area (Å²) in [5, 5.41) is 14.3. The summed E-state index contributed by atoms with van der Waals surface area (Å²) in [4.78, 5) is 12.4. The normalized spacial score (nSPS) is 10.6. The first-order valence-electron chi connectivity index (χ1n) is 8.42. The van der Waals surface area contributed by atoms with Crippen LogP contribution in [0.3, 0.4) is 0 Å². The second-order valence-corrected chi connectivity index (χ2v) is 6.05. The highest BCUT2D eigenvalue weighted by Gasteiger charge is 2.08. The molecule has 1 aromatic heterocycles. The van der Waals surface area contributed by atoms with Crippen LogP contribution in [0.2, 0.25) is 0 Å². The van der Waals surface area contributed by atoms with Gasteiger partial charge in [-0.1, -0.05) is 6.07 Å². The van der Waals surface area contributed by atoms with Crippen LogP contribution in [0.5, 0.6) is 5.75 Å². The van der Waals surface area contributed by atoms with E-state index in [2.05, 4.69) is 26.9 Å². The summed E-state index contributed by atoms with van der Waals surface area (Å²) >= 11 is 0. The zero-order valence-electron chi connectivity index (χ0n) is 15.1. The fourth-order valence-electron chi connectivity index (χ4n) is 2.67. The Morgan fingerprint density at radius 3 is 2.46 bits per heavy atom. The lowest BCUT2D eigenvalue weighted by Crippen LogP contribution is -2.12. The SMILES string of the molecule is CCn1nnnc1COc1ccc(C(=O)Nc2cc(C)cc(C)c2)cc1. The number of hydrogen-bond donors (Lipinski definition) is 1. The summed E-state index contributed by atoms with van der Waals surface area (Å²) in [5.41, 5.74) is 3.58. The van der Waals surface area contributed by atoms with Crippen molar-refractivity contribution in [2.75, 3.05) is 5.32 Å². The Labute approximate surface area is 152 Å². The van der Waals surface area contributed by atoms with Gasteiger partial charge < -0.3 is 10.1 Å². The molecule has 2 aromatic carbocycles. The Kier molecular flexibility index (Phi) is 5.26. The van der Waals surface area contributed by atoms with E-state index in [9.17, 15) is 4.79 Å². The quantitative estimate of drug-likeness (QED) is 0.738. The first kappa shape index (κ1) is 17.6. The van der Waals surface area contributed by atoms with Crippen LogP contribution in [0.25, 0.3) is 0 Å². The first-order valence-corrected chi connectivity index (χ1v) is 8.42. The number of benzene rings is 2. The minimum atomic E-state index is -0.156. The van der Waals surface area contributed by atoms with Crippen molar-refractivity contribution >= 4 is 11.6 Å². The highest BCUT2D eigenvalue weighted by atomic mass is 16.5. The van der Waals surface area contributed by atoms with E-state index in [1.54, 1.807) is 28.9 Å². The van der Waals surface area contributed by atoms with Gasteiger partial charge in [-0.25, -0.2) is 4.68 Å². The molecule has 0 radical (unpaired) electrons. The number of carbonyl (C=O) groups excluding carboxylic acids is 1. The molecule has 26 heavy (non-hydrogen) atoms. The van der Waals surface area contributed by atoms with Gasteiger partial charge in [-0.2, -0.15) is 0 Å². The molecule has 134 valence electrons. The lowest BCUT2D eigenvalue weighted by Gasteiger charge is -2.09. The maximum absolute atomic E-state index is 12.4. The van der Waals surface area contributed by atoms with E-state index in [0.717, 1.165) is 16.8 Å². The minimum Gasteiger partial charge on any atom is -0.486 e. The topological polar surface area (TPSA) is 81.9 Å². The summed E-state index contributed by atoms with van der Waals surface area (Å²) in [5.74, 6) is 1.15. The molecular weight excluding hydrogens is 330 g/mol. The molecule has 0 spiro atoms. The van der Waals surface area contributed by atoms with Gasteiger partial charge >= 0.3 is 0 Å². The van der Waals surface area contributed by atoms with Crippen LogP contribution in [-0.2, 0) is 13.2 Å². The molecule has 0 atom stereocenters. The van der Waals surface area contributed by atoms with Crippen molar-refractivity contribution in [3.8, 4) is 5.75 Å². The van der Waals surface area contributed by atoms with Crippen LogP contribution in [-0.4, -0.2) is 26.1 Å². The molecule has 0 saturated carbocycles. The number of rotatable bonds is 6. The number of nitrogens with zero attached hydrogens (tertiary/aromatic N) is 4. The van der Waals surface area contributed by atoms with Crippen molar-refractivity contribution in [3.05, 3.63) is 65.0 Å². The van der Waals surface area contributed by atoms with Crippen LogP contribution in [0.15, 0.2) is 42.5 Å². The van der Waals surface area contributed by atoms with Gasteiger partial charge in [-0.3, -0.25) is 4.79 Å². The van der Waals surface area contributed by atoms with Gasteiger partial charge in [0.2, 0.25) is 0 Å². The second-order valence-electron chi connectivity index (χ2n) is 6.05. The van der Waals surface area contributed by atoms with E-state index < -0.39 is 0 Å². The number of amides is 1. The van der Waals surface area contributed by atoms with Crippen LogP contribution in [0.1, 0.15) is 34.2 Å². The molecule has 0 unspecified atom stereocenters. The number of tetrazole rings is 1. The monoisotopic (exact) mass is 351 g/mol. The number of ether oxygens (including phenoxy) is 1. The van der Waals surface area contributed by atoms with Crippen LogP contribution < -0.4 is 10.1 Å². The predicted molar refractivity (Wildman–Crippen MR) is 98.1 cm³/mol. The van der Waals surface area contributed by atoms with Crippen molar-refractivity contribution in [2.24, 2.45) is 0 Å². The third-order valence-electron chi connectivity index (χ3n) is 3.87. The van der Waals surface area contributed by atoms with Gasteiger partial charge in [0.25, 0.3) is 5.91 Å². The molecule has 0 fully saturated rings. The van der Waals surface area contributed by atoms with E-state index in [4.69, 9.17) is 4.74 Å². The van der Waals surface area contributed by atoms with Gasteiger partial charge in [0, 0.05) is 17.8 Å². The Bertz CT molecular complexity index is 882. The zero-order chi connectivity index (χ0) is 18.5. The van der Waals surface area contributed by atoms with Gasteiger partial charge in [0.15, 0.2) is 5.82 Å². The van der Waals surface area contributed by atoms with Crippen molar-refractivity contribution in [1.82, 2.24) is 20.2 Å². The van der Waals surface area contributed by atoms with E-state index in [0.29, 0.717) is 23.7 Å². The number of aryl methyl sites for hydroxylation is 3. The molecule has 1 N–H and O–H groups in total. The number of carbonyl (C=O) groups is 1. The maximum atomic E-state index is 12.4. The van der Waals surface area contributed by atoms with Crippen molar-refractivity contribution in [1.29, 1.82) is 0 Å². The first-order chi connectivity index (χ1) is 12.5. The maximum Gasteiger partial charge on any atom is 0.255 e. The van der Waals surface area contributed by atoms with Crippen molar-refractivity contribution < 1.29 is 9.53 Å². The van der Waals surface area contributed by atoms with Crippen molar-refractivity contribution in [3.63, 3.8) is 0 Å². The molecule has 3 rings (SSSR count). The van der Waals surface area contributed by atoms with Gasteiger partial charge in [0.05, 0.1) is 0 Å². The Balaban J connectivity index is 1.62. The molecule has 0 aliphatic heterocycles. The molecular formula is C19H21N5O2. The summed E-state index contributed by atoms with van der Waals surface area (Å²) < 4.78 is 7.35. The average molecular weight is 351 g/mol. The Morgan fingerprint density at radius 1 is 1.12 bits per heavy atom. The third kappa shape index (κ3) is 4.24. The molecule has 1 amide bonds. The lowest BCUT2D eigenvalue weighted by molar-refractivity contribution is 0.102. The van der Waals surface area contributed by atoms with Gasteiger partial charge in [-0.05, 0) is 78.7 Å². The molecule has 0 aliphatic carbocycles. The molecule has 0 saturated heterocycles. The summed E-state index contributed by atoms with van der Waals surface area (Å²) in [6.07, 6.45) is 0. The average Bonchev–Trinajstić information content (AvgIpc) is 3.07. The van der Waals surface area contributed by atoms with E-state index >= 15 is 0 Å². The molecule has 1 heterocycles. The predicted octanol–water partition coefficient (Wildman–Crippen LogP) is 3.14. The van der Waals surface area contributed by atoms with E-state index in [1.165, 1.54) is 0 Å². The molecule has 7 nitrogen and oxygen atoms in total.